The van der Waals surface area contributed by atoms with E-state index in [0.717, 1.165) is 24.9 Å². The molecule has 0 spiro atoms. The average Bonchev–Trinajstić information content (AvgIpc) is 2.78. The molecule has 1 aromatic rings. The highest BCUT2D eigenvalue weighted by Crippen LogP contribution is 2.69. The van der Waals surface area contributed by atoms with E-state index in [1.54, 1.807) is 12.1 Å². The first-order valence-electron chi connectivity index (χ1n) is 7.79. The predicted molar refractivity (Wildman–Crippen MR) is 83.2 cm³/mol. The number of hydrogen-bond acceptors (Lipinski definition) is 1. The van der Waals surface area contributed by atoms with Gasteiger partial charge in [-0.1, -0.05) is 52.8 Å². The fourth-order valence-electron chi connectivity index (χ4n) is 3.79. The lowest BCUT2D eigenvalue weighted by Gasteiger charge is -2.21. The number of hydrogen-bond donors (Lipinski definition) is 1. The van der Waals surface area contributed by atoms with Crippen LogP contribution in [-0.2, 0) is 6.42 Å². The van der Waals surface area contributed by atoms with Crippen molar-refractivity contribution in [3.63, 3.8) is 0 Å². The largest absolute Gasteiger partial charge is 0.313 e. The van der Waals surface area contributed by atoms with E-state index >= 15 is 0 Å². The molecule has 2 heteroatoms. The molecule has 1 atom stereocenters. The summed E-state index contributed by atoms with van der Waals surface area (Å²) in [6.45, 7) is 12.5. The van der Waals surface area contributed by atoms with Gasteiger partial charge in [0, 0.05) is 6.04 Å². The van der Waals surface area contributed by atoms with Gasteiger partial charge in [0.15, 0.2) is 0 Å². The van der Waals surface area contributed by atoms with Crippen molar-refractivity contribution in [3.05, 3.63) is 35.6 Å². The molecule has 0 radical (unpaired) electrons. The maximum Gasteiger partial charge on any atom is 0.126 e. The van der Waals surface area contributed by atoms with E-state index in [1.165, 1.54) is 0 Å². The van der Waals surface area contributed by atoms with Gasteiger partial charge in [0.2, 0.25) is 0 Å². The average molecular weight is 277 g/mol. The highest BCUT2D eigenvalue weighted by atomic mass is 19.1. The van der Waals surface area contributed by atoms with Gasteiger partial charge in [0.25, 0.3) is 0 Å². The molecule has 1 nitrogen and oxygen atoms in total. The summed E-state index contributed by atoms with van der Waals surface area (Å²) < 4.78 is 13.9. The summed E-state index contributed by atoms with van der Waals surface area (Å²) in [5.41, 5.74) is 1.48. The van der Waals surface area contributed by atoms with Crippen molar-refractivity contribution in [2.75, 3.05) is 6.54 Å². The SMILES string of the molecule is CCCNC(Cc1ccccc1F)C1C(C)(C)C1(C)C. The lowest BCUT2D eigenvalue weighted by molar-refractivity contribution is 0.391. The van der Waals surface area contributed by atoms with Gasteiger partial charge in [-0.2, -0.15) is 0 Å². The van der Waals surface area contributed by atoms with Crippen molar-refractivity contribution in [2.24, 2.45) is 16.7 Å². The molecule has 112 valence electrons. The van der Waals surface area contributed by atoms with E-state index in [1.807, 2.05) is 12.1 Å². The fraction of sp³-hybridized carbons (Fsp3) is 0.667. The molecule has 1 N–H and O–H groups in total. The van der Waals surface area contributed by atoms with Gasteiger partial charge >= 0.3 is 0 Å². The van der Waals surface area contributed by atoms with Crippen LogP contribution in [0.1, 0.15) is 46.6 Å². The second-order valence-corrected chi connectivity index (χ2v) is 7.28. The molecular formula is C18H28FN. The Morgan fingerprint density at radius 1 is 1.15 bits per heavy atom. The van der Waals surface area contributed by atoms with Gasteiger partial charge in [0.05, 0.1) is 0 Å². The van der Waals surface area contributed by atoms with Gasteiger partial charge in [-0.3, -0.25) is 0 Å². The first-order chi connectivity index (χ1) is 9.32. The van der Waals surface area contributed by atoms with E-state index in [2.05, 4.69) is 39.9 Å². The molecule has 2 rings (SSSR count). The molecule has 0 heterocycles. The van der Waals surface area contributed by atoms with E-state index in [-0.39, 0.29) is 5.82 Å². The van der Waals surface area contributed by atoms with E-state index < -0.39 is 0 Å². The summed E-state index contributed by atoms with van der Waals surface area (Å²) in [4.78, 5) is 0. The molecular weight excluding hydrogens is 249 g/mol. The minimum absolute atomic E-state index is 0.0768. The maximum atomic E-state index is 13.9. The zero-order chi connectivity index (χ0) is 15.0. The van der Waals surface area contributed by atoms with Gasteiger partial charge in [-0.05, 0) is 47.8 Å². The minimum Gasteiger partial charge on any atom is -0.313 e. The summed E-state index contributed by atoms with van der Waals surface area (Å²) in [7, 11) is 0. The van der Waals surface area contributed by atoms with E-state index in [4.69, 9.17) is 0 Å². The fourth-order valence-corrected chi connectivity index (χ4v) is 3.79. The number of nitrogens with one attached hydrogen (secondary N) is 1. The Morgan fingerprint density at radius 2 is 1.75 bits per heavy atom. The standard InChI is InChI=1S/C18H28FN/c1-6-11-20-15(16-17(2,3)18(16,4)5)12-13-9-7-8-10-14(13)19/h7-10,15-16,20H,6,11-12H2,1-5H3. The van der Waals surface area contributed by atoms with Crippen molar-refractivity contribution in [2.45, 2.75) is 53.5 Å². The first-order valence-corrected chi connectivity index (χ1v) is 7.79. The number of halogens is 1. The van der Waals surface area contributed by atoms with Crippen LogP contribution in [0, 0.1) is 22.6 Å². The topological polar surface area (TPSA) is 12.0 Å². The highest BCUT2D eigenvalue weighted by molar-refractivity contribution is 5.23. The second kappa shape index (κ2) is 5.48. The Morgan fingerprint density at radius 3 is 2.25 bits per heavy atom. The molecule has 0 amide bonds. The second-order valence-electron chi connectivity index (χ2n) is 7.28. The third kappa shape index (κ3) is 2.63. The van der Waals surface area contributed by atoms with Gasteiger partial charge in [-0.25, -0.2) is 4.39 Å². The van der Waals surface area contributed by atoms with Crippen LogP contribution in [0.15, 0.2) is 24.3 Å². The van der Waals surface area contributed by atoms with Crippen LogP contribution >= 0.6 is 0 Å². The Hall–Kier alpha value is -0.890. The number of benzene rings is 1. The third-order valence-corrected chi connectivity index (χ3v) is 5.59. The summed E-state index contributed by atoms with van der Waals surface area (Å²) in [5.74, 6) is 0.521. The van der Waals surface area contributed by atoms with Crippen molar-refractivity contribution in [3.8, 4) is 0 Å². The summed E-state index contributed by atoms with van der Waals surface area (Å²) in [6.07, 6.45) is 1.89. The molecule has 1 unspecified atom stereocenters. The summed E-state index contributed by atoms with van der Waals surface area (Å²) in [6, 6.07) is 7.53. The normalized spacial score (nSPS) is 21.7. The van der Waals surface area contributed by atoms with E-state index in [0.29, 0.717) is 22.8 Å². The van der Waals surface area contributed by atoms with Crippen molar-refractivity contribution < 1.29 is 4.39 Å². The molecule has 0 aromatic heterocycles. The lowest BCUT2D eigenvalue weighted by atomic mass is 9.96. The molecule has 1 aliphatic carbocycles. The summed E-state index contributed by atoms with van der Waals surface area (Å²) >= 11 is 0. The van der Waals surface area contributed by atoms with Crippen molar-refractivity contribution in [1.29, 1.82) is 0 Å². The van der Waals surface area contributed by atoms with Gasteiger partial charge in [-0.15, -0.1) is 0 Å². The zero-order valence-electron chi connectivity index (χ0n) is 13.5. The molecule has 1 fully saturated rings. The number of rotatable bonds is 6. The molecule has 0 bridgehead atoms. The Labute approximate surface area is 123 Å². The zero-order valence-corrected chi connectivity index (χ0v) is 13.5. The van der Waals surface area contributed by atoms with Crippen LogP contribution in [0.5, 0.6) is 0 Å². The Balaban J connectivity index is 2.16. The van der Waals surface area contributed by atoms with Crippen LogP contribution in [0.3, 0.4) is 0 Å². The molecule has 1 aromatic carbocycles. The third-order valence-electron chi connectivity index (χ3n) is 5.59. The first kappa shape index (κ1) is 15.5. The monoisotopic (exact) mass is 277 g/mol. The quantitative estimate of drug-likeness (QED) is 0.811. The van der Waals surface area contributed by atoms with Crippen LogP contribution in [0.4, 0.5) is 4.39 Å². The van der Waals surface area contributed by atoms with Crippen LogP contribution in [0.2, 0.25) is 0 Å². The highest BCUT2D eigenvalue weighted by Gasteiger charge is 2.66. The van der Waals surface area contributed by atoms with Crippen LogP contribution < -0.4 is 5.32 Å². The van der Waals surface area contributed by atoms with Crippen molar-refractivity contribution >= 4 is 0 Å². The van der Waals surface area contributed by atoms with Crippen LogP contribution in [0.25, 0.3) is 0 Å². The minimum atomic E-state index is -0.0768. The smallest absolute Gasteiger partial charge is 0.126 e. The van der Waals surface area contributed by atoms with E-state index in [9.17, 15) is 4.39 Å². The maximum absolute atomic E-state index is 13.9. The molecule has 0 aliphatic heterocycles. The molecule has 1 aliphatic rings. The Kier molecular flexibility index (Phi) is 4.24. The van der Waals surface area contributed by atoms with Gasteiger partial charge in [0.1, 0.15) is 5.82 Å². The summed E-state index contributed by atoms with van der Waals surface area (Å²) in [5, 5.41) is 3.65. The van der Waals surface area contributed by atoms with Crippen molar-refractivity contribution in [1.82, 2.24) is 5.32 Å². The Bertz CT molecular complexity index is 450. The molecule has 20 heavy (non-hydrogen) atoms. The molecule has 1 saturated carbocycles. The molecule has 0 saturated heterocycles. The predicted octanol–water partition coefficient (Wildman–Crippen LogP) is 4.42. The lowest BCUT2D eigenvalue weighted by Crippen LogP contribution is -2.36. The van der Waals surface area contributed by atoms with Crippen LogP contribution in [-0.4, -0.2) is 12.6 Å². The van der Waals surface area contributed by atoms with Gasteiger partial charge < -0.3 is 5.32 Å².